The van der Waals surface area contributed by atoms with Gasteiger partial charge in [0.2, 0.25) is 6.17 Å². The molecule has 0 fully saturated rings. The van der Waals surface area contributed by atoms with Crippen molar-refractivity contribution in [1.82, 2.24) is 10.3 Å². The summed E-state index contributed by atoms with van der Waals surface area (Å²) in [6.07, 6.45) is 0.333. The molecule has 1 N–H and O–H groups in total. The van der Waals surface area contributed by atoms with Crippen molar-refractivity contribution >= 4 is 34.5 Å². The predicted octanol–water partition coefficient (Wildman–Crippen LogP) is 3.41. The molecule has 9 heteroatoms. The summed E-state index contributed by atoms with van der Waals surface area (Å²) in [5.41, 5.74) is 1.73. The first kappa shape index (κ1) is 22.9. The van der Waals surface area contributed by atoms with Crippen LogP contribution in [0.1, 0.15) is 42.6 Å². The third-order valence-electron chi connectivity index (χ3n) is 5.52. The summed E-state index contributed by atoms with van der Waals surface area (Å²) in [4.78, 5) is 29.9. The number of para-hydroxylation sites is 1. The fourth-order valence-electron chi connectivity index (χ4n) is 3.91. The van der Waals surface area contributed by atoms with Crippen molar-refractivity contribution in [1.29, 1.82) is 0 Å². The van der Waals surface area contributed by atoms with Gasteiger partial charge in [0.1, 0.15) is 11.5 Å². The van der Waals surface area contributed by atoms with Crippen LogP contribution in [0.4, 0.5) is 0 Å². The number of nitrogens with zero attached hydrogens (tertiary/aromatic N) is 3. The highest BCUT2D eigenvalue weighted by molar-refractivity contribution is 8.13. The normalized spacial score (nSPS) is 16.6. The van der Waals surface area contributed by atoms with E-state index in [4.69, 9.17) is 19.2 Å². The third kappa shape index (κ3) is 4.46. The molecule has 0 saturated carbocycles. The third-order valence-corrected chi connectivity index (χ3v) is 6.59. The number of carbonyl (C=O) groups excluding carboxylic acids is 2. The molecular weight excluding hydrogens is 464 g/mol. The van der Waals surface area contributed by atoms with Gasteiger partial charge in [-0.3, -0.25) is 10.1 Å². The number of amides is 1. The van der Waals surface area contributed by atoms with Crippen molar-refractivity contribution in [3.05, 3.63) is 82.6 Å². The van der Waals surface area contributed by atoms with Gasteiger partial charge in [-0.1, -0.05) is 49.0 Å². The molecule has 0 radical (unpaired) electrons. The smallest absolute Gasteiger partial charge is 0.338 e. The Bertz CT molecular complexity index is 1430. The number of hydrogen-bond donors (Lipinski definition) is 1. The zero-order valence-corrected chi connectivity index (χ0v) is 20.2. The van der Waals surface area contributed by atoms with Crippen LogP contribution in [0.3, 0.4) is 0 Å². The van der Waals surface area contributed by atoms with Crippen LogP contribution < -0.4 is 15.9 Å². The van der Waals surface area contributed by atoms with Crippen LogP contribution in [0.2, 0.25) is 0 Å². The minimum Gasteiger partial charge on any atom is -0.462 e. The SMILES string of the molecule is CCCSC1=NN2C(=c3ccccc3=N[C@H]2c2ccc(-c3ccc(C(=O)OCC)cc3)o2)C(=O)N1. The van der Waals surface area contributed by atoms with Crippen molar-refractivity contribution in [2.45, 2.75) is 26.4 Å². The number of fused-ring (bicyclic) bond motifs is 2. The molecule has 3 aromatic rings. The first-order valence-corrected chi connectivity index (χ1v) is 12.4. The van der Waals surface area contributed by atoms with Crippen molar-refractivity contribution in [2.75, 3.05) is 12.4 Å². The lowest BCUT2D eigenvalue weighted by Gasteiger charge is -2.32. The summed E-state index contributed by atoms with van der Waals surface area (Å²) in [6, 6.07) is 18.2. The lowest BCUT2D eigenvalue weighted by molar-refractivity contribution is -0.116. The number of hydrogen-bond acceptors (Lipinski definition) is 8. The topological polar surface area (TPSA) is 96.5 Å². The number of amidine groups is 1. The Morgan fingerprint density at radius 1 is 1.11 bits per heavy atom. The van der Waals surface area contributed by atoms with Crippen LogP contribution in [0, 0.1) is 0 Å². The van der Waals surface area contributed by atoms with Gasteiger partial charge in [0, 0.05) is 16.5 Å². The lowest BCUT2D eigenvalue weighted by Crippen LogP contribution is -2.50. The van der Waals surface area contributed by atoms with Crippen molar-refractivity contribution in [3.8, 4) is 11.3 Å². The van der Waals surface area contributed by atoms with E-state index in [1.54, 1.807) is 24.1 Å². The van der Waals surface area contributed by atoms with Gasteiger partial charge in [-0.2, -0.15) is 0 Å². The van der Waals surface area contributed by atoms with E-state index in [-0.39, 0.29) is 11.9 Å². The molecule has 178 valence electrons. The summed E-state index contributed by atoms with van der Waals surface area (Å²) in [6.45, 7) is 4.18. The molecule has 0 aliphatic carbocycles. The Kier molecular flexibility index (Phi) is 6.41. The number of ether oxygens (including phenoxy) is 1. The molecule has 0 bridgehead atoms. The number of hydrazone groups is 1. The fourth-order valence-corrected chi connectivity index (χ4v) is 4.62. The highest BCUT2D eigenvalue weighted by atomic mass is 32.2. The number of furan rings is 1. The van der Waals surface area contributed by atoms with Crippen LogP contribution in [0.15, 0.2) is 75.2 Å². The highest BCUT2D eigenvalue weighted by Crippen LogP contribution is 2.34. The van der Waals surface area contributed by atoms with Crippen LogP contribution >= 0.6 is 11.8 Å². The molecule has 0 spiro atoms. The zero-order valence-electron chi connectivity index (χ0n) is 19.4. The minimum absolute atomic E-state index is 0.215. The average molecular weight is 489 g/mol. The predicted molar refractivity (Wildman–Crippen MR) is 134 cm³/mol. The molecule has 0 saturated heterocycles. The van der Waals surface area contributed by atoms with E-state index >= 15 is 0 Å². The monoisotopic (exact) mass is 488 g/mol. The fraction of sp³-hybridized carbons (Fsp3) is 0.231. The van der Waals surface area contributed by atoms with Gasteiger partial charge in [0.25, 0.3) is 5.91 Å². The number of rotatable bonds is 6. The van der Waals surface area contributed by atoms with E-state index in [1.165, 1.54) is 11.8 Å². The second kappa shape index (κ2) is 9.79. The first-order valence-electron chi connectivity index (χ1n) is 11.5. The maximum Gasteiger partial charge on any atom is 0.338 e. The molecule has 5 rings (SSSR count). The molecule has 1 aromatic heterocycles. The Morgan fingerprint density at radius 3 is 2.69 bits per heavy atom. The number of esters is 1. The Hall–Kier alpha value is -3.85. The Labute approximate surface area is 206 Å². The molecule has 0 unspecified atom stereocenters. The van der Waals surface area contributed by atoms with Gasteiger partial charge in [-0.15, -0.1) is 5.10 Å². The van der Waals surface area contributed by atoms with Crippen molar-refractivity contribution in [2.24, 2.45) is 10.1 Å². The summed E-state index contributed by atoms with van der Waals surface area (Å²) >= 11 is 1.50. The molecular formula is C26H24N4O4S. The van der Waals surface area contributed by atoms with Gasteiger partial charge in [0.05, 0.1) is 17.5 Å². The van der Waals surface area contributed by atoms with Gasteiger partial charge < -0.3 is 9.15 Å². The molecule has 2 aromatic carbocycles. The Morgan fingerprint density at radius 2 is 1.91 bits per heavy atom. The average Bonchev–Trinajstić information content (AvgIpc) is 3.37. The summed E-state index contributed by atoms with van der Waals surface area (Å²) in [5.74, 6) is 1.44. The Balaban J connectivity index is 1.52. The van der Waals surface area contributed by atoms with Crippen LogP contribution in [0.25, 0.3) is 17.0 Å². The molecule has 35 heavy (non-hydrogen) atoms. The highest BCUT2D eigenvalue weighted by Gasteiger charge is 2.35. The number of carbonyl (C=O) groups is 2. The van der Waals surface area contributed by atoms with Crippen molar-refractivity contribution in [3.63, 3.8) is 0 Å². The first-order chi connectivity index (χ1) is 17.1. The van der Waals surface area contributed by atoms with Gasteiger partial charge in [0.15, 0.2) is 10.9 Å². The van der Waals surface area contributed by atoms with Crippen LogP contribution in [-0.4, -0.2) is 34.4 Å². The zero-order chi connectivity index (χ0) is 24.4. The van der Waals surface area contributed by atoms with E-state index in [9.17, 15) is 9.59 Å². The number of benzene rings is 2. The summed E-state index contributed by atoms with van der Waals surface area (Å²) in [5, 5.41) is 11.2. The molecule has 3 heterocycles. The van der Waals surface area contributed by atoms with E-state index < -0.39 is 6.17 Å². The second-order valence-corrected chi connectivity index (χ2v) is 9.00. The van der Waals surface area contributed by atoms with E-state index in [0.29, 0.717) is 39.9 Å². The van der Waals surface area contributed by atoms with E-state index in [0.717, 1.165) is 23.0 Å². The lowest BCUT2D eigenvalue weighted by atomic mass is 10.1. The maximum absolute atomic E-state index is 13.1. The molecule has 1 amide bonds. The van der Waals surface area contributed by atoms with Gasteiger partial charge in [-0.05, 0) is 43.7 Å². The van der Waals surface area contributed by atoms with Crippen molar-refractivity contribution < 1.29 is 18.7 Å². The number of nitrogens with one attached hydrogen (secondary N) is 1. The molecule has 2 aliphatic rings. The largest absolute Gasteiger partial charge is 0.462 e. The molecule has 1 atom stereocenters. The minimum atomic E-state index is -0.629. The number of thioether (sulfide) groups is 1. The van der Waals surface area contributed by atoms with E-state index in [1.807, 2.05) is 48.5 Å². The standard InChI is InChI=1S/C26H24N4O4S/c1-3-15-35-26-28-24(31)22-18-7-5-6-8-19(18)27-23(30(22)29-26)21-14-13-20(34-21)16-9-11-17(12-10-16)25(32)33-4-2/h5-14,23H,3-4,15H2,1-2H3,(H,28,29,31)/t23-/m1/s1. The van der Waals surface area contributed by atoms with Crippen LogP contribution in [0.5, 0.6) is 0 Å². The molecule has 2 aliphatic heterocycles. The van der Waals surface area contributed by atoms with Gasteiger partial charge >= 0.3 is 5.97 Å². The maximum atomic E-state index is 13.1. The molecule has 8 nitrogen and oxygen atoms in total. The van der Waals surface area contributed by atoms with Crippen LogP contribution in [-0.2, 0) is 9.53 Å². The summed E-state index contributed by atoms with van der Waals surface area (Å²) in [7, 11) is 0. The summed E-state index contributed by atoms with van der Waals surface area (Å²) < 4.78 is 11.2. The quantitative estimate of drug-likeness (QED) is 0.534. The second-order valence-electron chi connectivity index (χ2n) is 7.92. The van der Waals surface area contributed by atoms with E-state index in [2.05, 4.69) is 12.2 Å². The van der Waals surface area contributed by atoms with Gasteiger partial charge in [-0.25, -0.2) is 14.8 Å².